The molecule has 0 radical (unpaired) electrons. The maximum absolute atomic E-state index is 6.41. The van der Waals surface area contributed by atoms with Gasteiger partial charge in [-0.3, -0.25) is 0 Å². The van der Waals surface area contributed by atoms with Gasteiger partial charge in [-0.2, -0.15) is 0 Å². The summed E-state index contributed by atoms with van der Waals surface area (Å²) in [6.45, 7) is 4.37. The summed E-state index contributed by atoms with van der Waals surface area (Å²) in [6.07, 6.45) is 4.50. The fourth-order valence-electron chi connectivity index (χ4n) is 6.04. The van der Waals surface area contributed by atoms with Gasteiger partial charge < -0.3 is 4.42 Å². The molecule has 2 heterocycles. The van der Waals surface area contributed by atoms with Crippen LogP contribution in [0.1, 0.15) is 22.7 Å². The van der Waals surface area contributed by atoms with E-state index in [1.807, 2.05) is 66.7 Å². The van der Waals surface area contributed by atoms with E-state index < -0.39 is 0 Å². The summed E-state index contributed by atoms with van der Waals surface area (Å²) >= 11 is 0. The van der Waals surface area contributed by atoms with Crippen LogP contribution in [-0.4, -0.2) is 15.0 Å². The molecule has 8 aromatic rings. The quantitative estimate of drug-likeness (QED) is 0.159. The highest BCUT2D eigenvalue weighted by molar-refractivity contribution is 5.90. The van der Waals surface area contributed by atoms with Crippen molar-refractivity contribution in [3.05, 3.63) is 187 Å². The summed E-state index contributed by atoms with van der Waals surface area (Å²) in [7, 11) is 0. The predicted molar refractivity (Wildman–Crippen MR) is 197 cm³/mol. The van der Waals surface area contributed by atoms with Crippen molar-refractivity contribution in [2.75, 3.05) is 0 Å². The van der Waals surface area contributed by atoms with Gasteiger partial charge >= 0.3 is 0 Å². The first kappa shape index (κ1) is 29.0. The average molecular weight is 618 g/mol. The fraction of sp³-hybridized carbons (Fsp3) is 0.0227. The van der Waals surface area contributed by atoms with E-state index in [9.17, 15) is 0 Å². The van der Waals surface area contributed by atoms with E-state index in [1.165, 1.54) is 16.3 Å². The van der Waals surface area contributed by atoms with Crippen LogP contribution < -0.4 is 0 Å². The second-order valence-electron chi connectivity index (χ2n) is 11.7. The van der Waals surface area contributed by atoms with Gasteiger partial charge in [0.25, 0.3) is 0 Å². The van der Waals surface area contributed by atoms with Crippen molar-refractivity contribution in [3.8, 4) is 33.9 Å². The van der Waals surface area contributed by atoms with Crippen molar-refractivity contribution in [1.29, 1.82) is 0 Å². The topological polar surface area (TPSA) is 51.8 Å². The Kier molecular flexibility index (Phi) is 7.73. The van der Waals surface area contributed by atoms with Crippen LogP contribution in [0.15, 0.2) is 169 Å². The maximum atomic E-state index is 6.41. The van der Waals surface area contributed by atoms with E-state index in [-0.39, 0.29) is 0 Å². The first-order chi connectivity index (χ1) is 23.7. The molecule has 0 N–H and O–H groups in total. The Morgan fingerprint density at radius 2 is 1.15 bits per heavy atom. The van der Waals surface area contributed by atoms with Crippen LogP contribution in [0.3, 0.4) is 0 Å². The van der Waals surface area contributed by atoms with Gasteiger partial charge in [-0.05, 0) is 51.2 Å². The molecule has 0 saturated heterocycles. The Balaban J connectivity index is 1.17. The number of furan rings is 1. The first-order valence-corrected chi connectivity index (χ1v) is 16.0. The highest BCUT2D eigenvalue weighted by Gasteiger charge is 2.17. The van der Waals surface area contributed by atoms with E-state index in [1.54, 1.807) is 0 Å². The Labute approximate surface area is 279 Å². The average Bonchev–Trinajstić information content (AvgIpc) is 3.51. The lowest BCUT2D eigenvalue weighted by Crippen LogP contribution is -2.04. The van der Waals surface area contributed by atoms with Crippen molar-refractivity contribution < 1.29 is 4.42 Å². The van der Waals surface area contributed by atoms with Crippen molar-refractivity contribution in [1.82, 2.24) is 15.0 Å². The molecule has 228 valence electrons. The molecular formula is C44H31N3O. The normalized spacial score (nSPS) is 11.4. The van der Waals surface area contributed by atoms with Crippen LogP contribution in [0, 0.1) is 0 Å². The van der Waals surface area contributed by atoms with Gasteiger partial charge in [0.05, 0.1) is 0 Å². The summed E-state index contributed by atoms with van der Waals surface area (Å²) < 4.78 is 6.41. The number of aromatic nitrogens is 3. The zero-order valence-electron chi connectivity index (χ0n) is 26.3. The van der Waals surface area contributed by atoms with Gasteiger partial charge in [-0.15, -0.1) is 0 Å². The minimum atomic E-state index is 0.469. The van der Waals surface area contributed by atoms with E-state index >= 15 is 0 Å². The molecule has 0 amide bonds. The number of rotatable bonds is 8. The molecule has 0 bridgehead atoms. The van der Waals surface area contributed by atoms with Crippen LogP contribution in [0.5, 0.6) is 0 Å². The Morgan fingerprint density at radius 1 is 0.562 bits per heavy atom. The summed E-state index contributed by atoms with van der Waals surface area (Å²) in [5.41, 5.74) is 7.98. The van der Waals surface area contributed by atoms with Crippen LogP contribution >= 0.6 is 0 Å². The number of fused-ring (bicyclic) bond motifs is 2. The van der Waals surface area contributed by atoms with Crippen LogP contribution in [0.2, 0.25) is 0 Å². The third-order valence-corrected chi connectivity index (χ3v) is 8.58. The molecule has 48 heavy (non-hydrogen) atoms. The molecule has 0 aliphatic heterocycles. The number of benzene rings is 6. The number of allylic oxidation sites excluding steroid dienone is 2. The molecule has 8 rings (SSSR count). The smallest absolute Gasteiger partial charge is 0.163 e. The van der Waals surface area contributed by atoms with Gasteiger partial charge in [0.15, 0.2) is 11.6 Å². The molecule has 0 atom stereocenters. The number of para-hydroxylation sites is 1. The van der Waals surface area contributed by atoms with E-state index in [0.717, 1.165) is 50.1 Å². The fourth-order valence-corrected chi connectivity index (χ4v) is 6.04. The van der Waals surface area contributed by atoms with Crippen molar-refractivity contribution in [3.63, 3.8) is 0 Å². The molecular weight excluding hydrogens is 587 g/mol. The lowest BCUT2D eigenvalue weighted by molar-refractivity contribution is 0.599. The largest absolute Gasteiger partial charge is 0.456 e. The molecule has 4 heteroatoms. The van der Waals surface area contributed by atoms with Gasteiger partial charge in [0, 0.05) is 28.5 Å². The van der Waals surface area contributed by atoms with Gasteiger partial charge in [0.1, 0.15) is 17.2 Å². The molecule has 6 aromatic carbocycles. The zero-order chi connectivity index (χ0) is 32.3. The standard InChI is InChI=1S/C44H31N3O/c1-30(36-26-23-32-14-8-9-17-37(32)28-36)20-27-41-39(38-18-10-11-19-40(38)48-41)29-42-45-43(34-15-6-3-7-16-34)47-44(46-42)35-24-21-33(22-25-35)31-12-4-2-5-13-31/h2-28H,1,29H2/b27-20-. The van der Waals surface area contributed by atoms with Crippen molar-refractivity contribution >= 4 is 33.4 Å². The van der Waals surface area contributed by atoms with Crippen molar-refractivity contribution in [2.45, 2.75) is 6.42 Å². The van der Waals surface area contributed by atoms with Gasteiger partial charge in [0.2, 0.25) is 0 Å². The van der Waals surface area contributed by atoms with Crippen molar-refractivity contribution in [2.24, 2.45) is 0 Å². The molecule has 0 aliphatic rings. The molecule has 4 nitrogen and oxygen atoms in total. The summed E-state index contributed by atoms with van der Waals surface area (Å²) in [5.74, 6) is 2.69. The molecule has 0 fully saturated rings. The second-order valence-corrected chi connectivity index (χ2v) is 11.7. The Hall–Kier alpha value is -6.39. The Morgan fingerprint density at radius 3 is 1.90 bits per heavy atom. The summed E-state index contributed by atoms with van der Waals surface area (Å²) in [6, 6.07) is 51.7. The van der Waals surface area contributed by atoms with Crippen LogP contribution in [-0.2, 0) is 6.42 Å². The third kappa shape index (κ3) is 5.95. The first-order valence-electron chi connectivity index (χ1n) is 16.0. The molecule has 2 aromatic heterocycles. The van der Waals surface area contributed by atoms with E-state index in [0.29, 0.717) is 23.9 Å². The monoisotopic (exact) mass is 617 g/mol. The maximum Gasteiger partial charge on any atom is 0.163 e. The second kappa shape index (κ2) is 12.8. The summed E-state index contributed by atoms with van der Waals surface area (Å²) in [5, 5.41) is 3.42. The van der Waals surface area contributed by atoms with Gasteiger partial charge in [-0.25, -0.2) is 15.0 Å². The molecule has 0 unspecified atom stereocenters. The molecule has 0 aliphatic carbocycles. The Bertz CT molecular complexity index is 2420. The predicted octanol–water partition coefficient (Wildman–Crippen LogP) is 11.1. The lowest BCUT2D eigenvalue weighted by atomic mass is 10.0. The highest BCUT2D eigenvalue weighted by Crippen LogP contribution is 2.31. The third-order valence-electron chi connectivity index (χ3n) is 8.58. The number of hydrogen-bond acceptors (Lipinski definition) is 4. The van der Waals surface area contributed by atoms with Gasteiger partial charge in [-0.1, -0.05) is 152 Å². The minimum Gasteiger partial charge on any atom is -0.456 e. The zero-order valence-corrected chi connectivity index (χ0v) is 26.3. The molecule has 0 spiro atoms. The van der Waals surface area contributed by atoms with Crippen LogP contribution in [0.4, 0.5) is 0 Å². The number of nitrogens with zero attached hydrogens (tertiary/aromatic N) is 3. The summed E-state index contributed by atoms with van der Waals surface area (Å²) in [4.78, 5) is 14.9. The number of hydrogen-bond donors (Lipinski definition) is 0. The lowest BCUT2D eigenvalue weighted by Gasteiger charge is -2.09. The highest BCUT2D eigenvalue weighted by atomic mass is 16.3. The van der Waals surface area contributed by atoms with E-state index in [2.05, 4.69) is 104 Å². The SMILES string of the molecule is C=C(/C=C\c1oc2ccccc2c1Cc1nc(-c2ccccc2)nc(-c2ccc(-c3ccccc3)cc2)n1)c1ccc2ccccc2c1. The minimum absolute atomic E-state index is 0.469. The molecule has 0 saturated carbocycles. The van der Waals surface area contributed by atoms with E-state index in [4.69, 9.17) is 19.4 Å². The van der Waals surface area contributed by atoms with Crippen LogP contribution in [0.25, 0.3) is 67.3 Å².